The van der Waals surface area contributed by atoms with Gasteiger partial charge in [-0.05, 0) is 50.1 Å². The molecule has 0 spiro atoms. The molecule has 128 valence electrons. The molecule has 1 unspecified atom stereocenters. The molecule has 0 saturated carbocycles. The molecule has 0 bridgehead atoms. The zero-order valence-electron chi connectivity index (χ0n) is 14.4. The van der Waals surface area contributed by atoms with Gasteiger partial charge in [0, 0.05) is 31.4 Å². The Kier molecular flexibility index (Phi) is 4.65. The monoisotopic (exact) mass is 344 g/mol. The van der Waals surface area contributed by atoms with Crippen LogP contribution in [-0.4, -0.2) is 38.4 Å². The highest BCUT2D eigenvalue weighted by atomic mass is 32.2. The first kappa shape index (κ1) is 17.0. The summed E-state index contributed by atoms with van der Waals surface area (Å²) in [5.74, 6) is 0. The molecule has 1 heterocycles. The third-order valence-corrected chi connectivity index (χ3v) is 6.65. The van der Waals surface area contributed by atoms with Crippen LogP contribution in [0.5, 0.6) is 0 Å². The van der Waals surface area contributed by atoms with Crippen LogP contribution < -0.4 is 4.90 Å². The van der Waals surface area contributed by atoms with Crippen LogP contribution in [0.25, 0.3) is 0 Å². The van der Waals surface area contributed by atoms with E-state index in [4.69, 9.17) is 0 Å². The van der Waals surface area contributed by atoms with E-state index in [1.807, 2.05) is 44.2 Å². The minimum Gasteiger partial charge on any atom is -0.366 e. The highest BCUT2D eigenvalue weighted by molar-refractivity contribution is 7.89. The molecular weight excluding hydrogens is 320 g/mol. The summed E-state index contributed by atoms with van der Waals surface area (Å²) in [7, 11) is -3.45. The lowest BCUT2D eigenvalue weighted by molar-refractivity contribution is 0.342. The van der Waals surface area contributed by atoms with Crippen LogP contribution in [0.1, 0.15) is 18.1 Å². The maximum Gasteiger partial charge on any atom is 0.243 e. The van der Waals surface area contributed by atoms with Crippen molar-refractivity contribution in [1.29, 1.82) is 0 Å². The fourth-order valence-electron chi connectivity index (χ4n) is 3.27. The van der Waals surface area contributed by atoms with Crippen molar-refractivity contribution in [2.75, 3.05) is 24.5 Å². The van der Waals surface area contributed by atoms with Crippen molar-refractivity contribution < 1.29 is 8.42 Å². The Balaban J connectivity index is 1.84. The van der Waals surface area contributed by atoms with Crippen LogP contribution in [0, 0.1) is 13.8 Å². The highest BCUT2D eigenvalue weighted by Gasteiger charge is 2.33. The largest absolute Gasteiger partial charge is 0.366 e. The van der Waals surface area contributed by atoms with Crippen molar-refractivity contribution in [3.63, 3.8) is 0 Å². The third kappa shape index (κ3) is 3.19. The summed E-state index contributed by atoms with van der Waals surface area (Å²) in [6.07, 6.45) is 0. The predicted molar refractivity (Wildman–Crippen MR) is 97.9 cm³/mol. The zero-order valence-corrected chi connectivity index (χ0v) is 15.3. The van der Waals surface area contributed by atoms with E-state index in [0.717, 1.165) is 16.8 Å². The number of sulfonamides is 1. The molecule has 1 atom stereocenters. The molecule has 2 aromatic rings. The minimum atomic E-state index is -3.45. The lowest BCUT2D eigenvalue weighted by atomic mass is 10.2. The Morgan fingerprint density at radius 2 is 1.71 bits per heavy atom. The second kappa shape index (κ2) is 6.57. The molecule has 5 heteroatoms. The molecule has 4 nitrogen and oxygen atoms in total. The summed E-state index contributed by atoms with van der Waals surface area (Å²) in [6, 6.07) is 15.9. The lowest BCUT2D eigenvalue weighted by Gasteiger charge is -2.40. The predicted octanol–water partition coefficient (Wildman–Crippen LogP) is 3.20. The van der Waals surface area contributed by atoms with Gasteiger partial charge in [-0.1, -0.05) is 30.3 Å². The number of aryl methyl sites for hydroxylation is 2. The Morgan fingerprint density at radius 1 is 1.00 bits per heavy atom. The maximum atomic E-state index is 13.1. The standard InChI is InChI=1S/C19H24N2O2S/c1-15-9-10-16(2)19(13-15)24(22,23)20-11-12-21(17(3)14-20)18-7-5-4-6-8-18/h4-10,13,17H,11-12,14H2,1-3H3. The number of hydrogen-bond acceptors (Lipinski definition) is 3. The summed E-state index contributed by atoms with van der Waals surface area (Å²) in [5.41, 5.74) is 2.92. The fraction of sp³-hybridized carbons (Fsp3) is 0.368. The van der Waals surface area contributed by atoms with Crippen molar-refractivity contribution in [3.05, 3.63) is 59.7 Å². The number of para-hydroxylation sites is 1. The van der Waals surface area contributed by atoms with Gasteiger partial charge in [-0.2, -0.15) is 4.31 Å². The van der Waals surface area contributed by atoms with Gasteiger partial charge in [0.25, 0.3) is 0 Å². The van der Waals surface area contributed by atoms with E-state index < -0.39 is 10.0 Å². The van der Waals surface area contributed by atoms with Gasteiger partial charge in [-0.3, -0.25) is 0 Å². The Labute approximate surface area is 144 Å². The topological polar surface area (TPSA) is 40.6 Å². The van der Waals surface area contributed by atoms with Crippen molar-refractivity contribution >= 4 is 15.7 Å². The second-order valence-corrected chi connectivity index (χ2v) is 8.42. The van der Waals surface area contributed by atoms with Gasteiger partial charge in [0.2, 0.25) is 10.0 Å². The van der Waals surface area contributed by atoms with Crippen molar-refractivity contribution in [2.45, 2.75) is 31.7 Å². The van der Waals surface area contributed by atoms with Crippen LogP contribution in [0.2, 0.25) is 0 Å². The van der Waals surface area contributed by atoms with E-state index in [-0.39, 0.29) is 6.04 Å². The van der Waals surface area contributed by atoms with Gasteiger partial charge in [-0.25, -0.2) is 8.42 Å². The Hall–Kier alpha value is -1.85. The summed E-state index contributed by atoms with van der Waals surface area (Å²) < 4.78 is 27.7. The highest BCUT2D eigenvalue weighted by Crippen LogP contribution is 2.26. The molecule has 1 fully saturated rings. The first-order valence-electron chi connectivity index (χ1n) is 8.28. The SMILES string of the molecule is Cc1ccc(C)c(S(=O)(=O)N2CCN(c3ccccc3)C(C)C2)c1. The lowest BCUT2D eigenvalue weighted by Crippen LogP contribution is -2.53. The molecule has 0 aromatic heterocycles. The van der Waals surface area contributed by atoms with E-state index in [1.165, 1.54) is 0 Å². The molecule has 1 saturated heterocycles. The van der Waals surface area contributed by atoms with Crippen LogP contribution in [-0.2, 0) is 10.0 Å². The third-order valence-electron chi connectivity index (χ3n) is 4.64. The van der Waals surface area contributed by atoms with E-state index in [2.05, 4.69) is 24.0 Å². The molecule has 0 amide bonds. The maximum absolute atomic E-state index is 13.1. The number of rotatable bonds is 3. The molecule has 0 aliphatic carbocycles. The van der Waals surface area contributed by atoms with Crippen molar-refractivity contribution in [1.82, 2.24) is 4.31 Å². The van der Waals surface area contributed by atoms with E-state index in [1.54, 1.807) is 10.4 Å². The quantitative estimate of drug-likeness (QED) is 0.858. The summed E-state index contributed by atoms with van der Waals surface area (Å²) in [5, 5.41) is 0. The number of piperazine rings is 1. The molecule has 0 radical (unpaired) electrons. The zero-order chi connectivity index (χ0) is 17.3. The van der Waals surface area contributed by atoms with E-state index in [9.17, 15) is 8.42 Å². The Bertz CT molecular complexity index is 819. The van der Waals surface area contributed by atoms with E-state index >= 15 is 0 Å². The van der Waals surface area contributed by atoms with Gasteiger partial charge in [0.05, 0.1) is 4.90 Å². The van der Waals surface area contributed by atoms with E-state index in [0.29, 0.717) is 24.5 Å². The Morgan fingerprint density at radius 3 is 2.38 bits per heavy atom. The normalized spacial score (nSPS) is 19.5. The van der Waals surface area contributed by atoms with Crippen LogP contribution in [0.3, 0.4) is 0 Å². The molecule has 3 rings (SSSR count). The van der Waals surface area contributed by atoms with Gasteiger partial charge in [-0.15, -0.1) is 0 Å². The smallest absolute Gasteiger partial charge is 0.243 e. The summed E-state index contributed by atoms with van der Waals surface area (Å²) in [6.45, 7) is 7.58. The van der Waals surface area contributed by atoms with Gasteiger partial charge >= 0.3 is 0 Å². The first-order chi connectivity index (χ1) is 11.4. The van der Waals surface area contributed by atoms with Crippen molar-refractivity contribution in [3.8, 4) is 0 Å². The number of anilines is 1. The van der Waals surface area contributed by atoms with Crippen LogP contribution in [0.4, 0.5) is 5.69 Å². The first-order valence-corrected chi connectivity index (χ1v) is 9.72. The number of nitrogens with zero attached hydrogens (tertiary/aromatic N) is 2. The number of benzene rings is 2. The molecule has 24 heavy (non-hydrogen) atoms. The number of hydrogen-bond donors (Lipinski definition) is 0. The van der Waals surface area contributed by atoms with Gasteiger partial charge in [0.15, 0.2) is 0 Å². The second-order valence-electron chi connectivity index (χ2n) is 6.51. The van der Waals surface area contributed by atoms with Gasteiger partial charge in [0.1, 0.15) is 0 Å². The van der Waals surface area contributed by atoms with Crippen molar-refractivity contribution in [2.24, 2.45) is 0 Å². The average Bonchev–Trinajstić information content (AvgIpc) is 2.57. The molecule has 1 aliphatic rings. The molecule has 2 aromatic carbocycles. The average molecular weight is 344 g/mol. The summed E-state index contributed by atoms with van der Waals surface area (Å²) >= 11 is 0. The minimum absolute atomic E-state index is 0.140. The van der Waals surface area contributed by atoms with Gasteiger partial charge < -0.3 is 4.90 Å². The summed E-state index contributed by atoms with van der Waals surface area (Å²) in [4.78, 5) is 2.71. The molecule has 1 aliphatic heterocycles. The molecular formula is C19H24N2O2S. The van der Waals surface area contributed by atoms with Crippen LogP contribution >= 0.6 is 0 Å². The molecule has 0 N–H and O–H groups in total. The van der Waals surface area contributed by atoms with Crippen LogP contribution in [0.15, 0.2) is 53.4 Å². The fourth-order valence-corrected chi connectivity index (χ4v) is 5.09.